The highest BCUT2D eigenvalue weighted by Crippen LogP contribution is 2.20. The molecule has 0 radical (unpaired) electrons. The normalized spacial score (nSPS) is 19.8. The summed E-state index contributed by atoms with van der Waals surface area (Å²) in [6.45, 7) is 13.5. The van der Waals surface area contributed by atoms with Gasteiger partial charge < -0.3 is 5.32 Å². The Bertz CT molecular complexity index is 782. The standard InChI is InChI=1S/C20H31N5O/c1-13(2)25-19-17(11-22-25)9-18(16(5)23-19)20(26)21-10-15(4)24-8-6-7-14(3)12-24/h9,11,13-15H,6-8,10,12H2,1-5H3,(H,21,26)/t14-,15-/m1/s1. The van der Waals surface area contributed by atoms with Crippen LogP contribution in [0.4, 0.5) is 0 Å². The smallest absolute Gasteiger partial charge is 0.253 e. The molecule has 0 aliphatic carbocycles. The molecule has 2 aromatic heterocycles. The van der Waals surface area contributed by atoms with E-state index in [2.05, 4.69) is 48.0 Å². The Morgan fingerprint density at radius 1 is 1.38 bits per heavy atom. The lowest BCUT2D eigenvalue weighted by molar-refractivity contribution is 0.0916. The van der Waals surface area contributed by atoms with Gasteiger partial charge in [0.2, 0.25) is 0 Å². The SMILES string of the molecule is Cc1nc2c(cnn2C(C)C)cc1C(=O)NC[C@@H](C)N1CCC[C@@H](C)C1. The number of carbonyl (C=O) groups is 1. The number of carbonyl (C=O) groups excluding carboxylic acids is 1. The average molecular weight is 358 g/mol. The van der Waals surface area contributed by atoms with E-state index in [0.717, 1.165) is 35.7 Å². The Hall–Kier alpha value is -1.95. The summed E-state index contributed by atoms with van der Waals surface area (Å²) < 4.78 is 1.89. The third-order valence-corrected chi connectivity index (χ3v) is 5.36. The molecule has 2 aromatic rings. The fraction of sp³-hybridized carbons (Fsp3) is 0.650. The summed E-state index contributed by atoms with van der Waals surface area (Å²) in [7, 11) is 0. The molecule has 3 rings (SSSR count). The second-order valence-corrected chi connectivity index (χ2v) is 8.02. The largest absolute Gasteiger partial charge is 0.350 e. The van der Waals surface area contributed by atoms with Crippen molar-refractivity contribution in [2.75, 3.05) is 19.6 Å². The number of likely N-dealkylation sites (tertiary alicyclic amines) is 1. The highest BCUT2D eigenvalue weighted by molar-refractivity contribution is 5.98. The highest BCUT2D eigenvalue weighted by atomic mass is 16.1. The van der Waals surface area contributed by atoms with E-state index in [0.29, 0.717) is 18.2 Å². The minimum Gasteiger partial charge on any atom is -0.350 e. The van der Waals surface area contributed by atoms with Crippen LogP contribution in [-0.4, -0.2) is 51.2 Å². The zero-order valence-electron chi connectivity index (χ0n) is 16.6. The molecule has 1 amide bonds. The van der Waals surface area contributed by atoms with E-state index in [1.807, 2.05) is 17.7 Å². The molecule has 6 heteroatoms. The zero-order chi connectivity index (χ0) is 18.8. The van der Waals surface area contributed by atoms with E-state index >= 15 is 0 Å². The molecule has 1 saturated heterocycles. The summed E-state index contributed by atoms with van der Waals surface area (Å²) in [5.74, 6) is 0.694. The van der Waals surface area contributed by atoms with Gasteiger partial charge in [0.05, 0.1) is 17.5 Å². The van der Waals surface area contributed by atoms with Crippen molar-refractivity contribution in [2.45, 2.75) is 59.5 Å². The number of rotatable bonds is 5. The Labute approximate surface area is 156 Å². The summed E-state index contributed by atoms with van der Waals surface area (Å²) in [5, 5.41) is 8.40. The maximum Gasteiger partial charge on any atom is 0.253 e. The van der Waals surface area contributed by atoms with Crippen molar-refractivity contribution in [1.29, 1.82) is 0 Å². The number of nitrogens with one attached hydrogen (secondary N) is 1. The molecule has 0 unspecified atom stereocenters. The molecule has 0 saturated carbocycles. The Kier molecular flexibility index (Phi) is 5.61. The minimum atomic E-state index is -0.0499. The molecule has 1 fully saturated rings. The molecule has 1 aliphatic heterocycles. The van der Waals surface area contributed by atoms with Crippen LogP contribution in [0, 0.1) is 12.8 Å². The summed E-state index contributed by atoms with van der Waals surface area (Å²) >= 11 is 0. The average Bonchev–Trinajstić information content (AvgIpc) is 3.01. The Morgan fingerprint density at radius 3 is 2.85 bits per heavy atom. The third-order valence-electron chi connectivity index (χ3n) is 5.36. The minimum absolute atomic E-state index is 0.0499. The highest BCUT2D eigenvalue weighted by Gasteiger charge is 2.22. The molecule has 26 heavy (non-hydrogen) atoms. The Balaban J connectivity index is 1.68. The van der Waals surface area contributed by atoms with Crippen molar-refractivity contribution < 1.29 is 4.79 Å². The zero-order valence-corrected chi connectivity index (χ0v) is 16.6. The van der Waals surface area contributed by atoms with Crippen LogP contribution in [0.5, 0.6) is 0 Å². The van der Waals surface area contributed by atoms with Crippen LogP contribution < -0.4 is 5.32 Å². The second kappa shape index (κ2) is 7.74. The topological polar surface area (TPSA) is 63.1 Å². The van der Waals surface area contributed by atoms with Crippen molar-refractivity contribution in [2.24, 2.45) is 5.92 Å². The van der Waals surface area contributed by atoms with E-state index in [-0.39, 0.29) is 11.9 Å². The van der Waals surface area contributed by atoms with Gasteiger partial charge in [-0.25, -0.2) is 9.67 Å². The molecule has 0 aromatic carbocycles. The van der Waals surface area contributed by atoms with Gasteiger partial charge in [0.1, 0.15) is 0 Å². The van der Waals surface area contributed by atoms with Crippen LogP contribution in [0.3, 0.4) is 0 Å². The number of pyridine rings is 1. The van der Waals surface area contributed by atoms with Crippen LogP contribution in [0.1, 0.15) is 62.6 Å². The lowest BCUT2D eigenvalue weighted by Crippen LogP contribution is -2.46. The van der Waals surface area contributed by atoms with Gasteiger partial charge in [-0.3, -0.25) is 9.69 Å². The maximum atomic E-state index is 12.7. The molecule has 6 nitrogen and oxygen atoms in total. The van der Waals surface area contributed by atoms with E-state index in [1.54, 1.807) is 6.20 Å². The molecule has 3 heterocycles. The van der Waals surface area contributed by atoms with Crippen LogP contribution in [0.25, 0.3) is 11.0 Å². The number of piperidine rings is 1. The van der Waals surface area contributed by atoms with Gasteiger partial charge >= 0.3 is 0 Å². The number of nitrogens with zero attached hydrogens (tertiary/aromatic N) is 4. The number of amides is 1. The first-order chi connectivity index (χ1) is 12.4. The number of aryl methyl sites for hydroxylation is 1. The summed E-state index contributed by atoms with van der Waals surface area (Å²) in [6.07, 6.45) is 4.35. The van der Waals surface area contributed by atoms with Crippen LogP contribution >= 0.6 is 0 Å². The molecule has 142 valence electrons. The van der Waals surface area contributed by atoms with Crippen LogP contribution in [0.15, 0.2) is 12.3 Å². The van der Waals surface area contributed by atoms with Crippen LogP contribution in [0.2, 0.25) is 0 Å². The predicted octanol–water partition coefficient (Wildman–Crippen LogP) is 3.17. The van der Waals surface area contributed by atoms with Gasteiger partial charge in [-0.2, -0.15) is 5.10 Å². The van der Waals surface area contributed by atoms with Gasteiger partial charge in [0.25, 0.3) is 5.91 Å². The van der Waals surface area contributed by atoms with E-state index < -0.39 is 0 Å². The lowest BCUT2D eigenvalue weighted by atomic mass is 9.99. The molecular formula is C20H31N5O. The van der Waals surface area contributed by atoms with Gasteiger partial charge in [-0.05, 0) is 59.1 Å². The first-order valence-electron chi connectivity index (χ1n) is 9.74. The monoisotopic (exact) mass is 357 g/mol. The predicted molar refractivity (Wildman–Crippen MR) is 104 cm³/mol. The second-order valence-electron chi connectivity index (χ2n) is 8.02. The number of aromatic nitrogens is 3. The van der Waals surface area contributed by atoms with E-state index in [4.69, 9.17) is 0 Å². The van der Waals surface area contributed by atoms with Crippen molar-refractivity contribution in [3.63, 3.8) is 0 Å². The van der Waals surface area contributed by atoms with E-state index in [9.17, 15) is 4.79 Å². The molecule has 0 spiro atoms. The summed E-state index contributed by atoms with van der Waals surface area (Å²) in [5.41, 5.74) is 2.22. The van der Waals surface area contributed by atoms with Crippen LogP contribution in [-0.2, 0) is 0 Å². The molecule has 2 atom stereocenters. The van der Waals surface area contributed by atoms with E-state index in [1.165, 1.54) is 12.8 Å². The van der Waals surface area contributed by atoms with Gasteiger partial charge in [-0.1, -0.05) is 6.92 Å². The van der Waals surface area contributed by atoms with Crippen molar-refractivity contribution in [3.05, 3.63) is 23.5 Å². The molecule has 1 aliphatic rings. The first kappa shape index (κ1) is 18.8. The first-order valence-corrected chi connectivity index (χ1v) is 9.74. The van der Waals surface area contributed by atoms with Crippen molar-refractivity contribution in [1.82, 2.24) is 25.0 Å². The fourth-order valence-corrected chi connectivity index (χ4v) is 3.76. The summed E-state index contributed by atoms with van der Waals surface area (Å²) in [4.78, 5) is 19.8. The molecule has 1 N–H and O–H groups in total. The van der Waals surface area contributed by atoms with Gasteiger partial charge in [0.15, 0.2) is 5.65 Å². The van der Waals surface area contributed by atoms with Crippen molar-refractivity contribution >= 4 is 16.9 Å². The third kappa shape index (κ3) is 3.90. The van der Waals surface area contributed by atoms with Gasteiger partial charge in [-0.15, -0.1) is 0 Å². The number of fused-ring (bicyclic) bond motifs is 1. The number of hydrogen-bond donors (Lipinski definition) is 1. The molecular weight excluding hydrogens is 326 g/mol. The molecule has 0 bridgehead atoms. The lowest BCUT2D eigenvalue weighted by Gasteiger charge is -2.35. The quantitative estimate of drug-likeness (QED) is 0.893. The summed E-state index contributed by atoms with van der Waals surface area (Å²) in [6, 6.07) is 2.50. The fourth-order valence-electron chi connectivity index (χ4n) is 3.76. The van der Waals surface area contributed by atoms with Gasteiger partial charge in [0, 0.05) is 30.6 Å². The number of hydrogen-bond acceptors (Lipinski definition) is 4. The van der Waals surface area contributed by atoms with Crippen molar-refractivity contribution in [3.8, 4) is 0 Å². The maximum absolute atomic E-state index is 12.7. The Morgan fingerprint density at radius 2 is 2.15 bits per heavy atom.